The maximum atomic E-state index is 13.0. The van der Waals surface area contributed by atoms with Gasteiger partial charge < -0.3 is 15.0 Å². The summed E-state index contributed by atoms with van der Waals surface area (Å²) in [5, 5.41) is 2.70. The molecule has 8 heteroatoms. The highest BCUT2D eigenvalue weighted by molar-refractivity contribution is 5.77. The Morgan fingerprint density at radius 2 is 1.73 bits per heavy atom. The zero-order valence-corrected chi connectivity index (χ0v) is 16.9. The molecule has 5 nitrogen and oxygen atoms in total. The van der Waals surface area contributed by atoms with Gasteiger partial charge in [-0.25, -0.2) is 0 Å². The Balaban J connectivity index is 1.48. The van der Waals surface area contributed by atoms with Crippen LogP contribution in [0.5, 0.6) is 5.75 Å². The van der Waals surface area contributed by atoms with Crippen molar-refractivity contribution in [3.05, 3.63) is 65.2 Å². The Labute approximate surface area is 174 Å². The third kappa shape index (κ3) is 6.47. The number of carbonyl (C=O) groups is 1. The summed E-state index contributed by atoms with van der Waals surface area (Å²) in [6, 6.07) is 12.8. The van der Waals surface area contributed by atoms with Gasteiger partial charge in [0.1, 0.15) is 5.75 Å². The number of nitrogens with one attached hydrogen (secondary N) is 1. The van der Waals surface area contributed by atoms with Gasteiger partial charge in [0.15, 0.2) is 6.61 Å². The molecule has 0 spiro atoms. The molecule has 1 amide bonds. The summed E-state index contributed by atoms with van der Waals surface area (Å²) in [6.45, 7) is 4.81. The fourth-order valence-electron chi connectivity index (χ4n) is 3.32. The van der Waals surface area contributed by atoms with Crippen LogP contribution >= 0.6 is 0 Å². The van der Waals surface area contributed by atoms with E-state index in [1.165, 1.54) is 23.8 Å². The van der Waals surface area contributed by atoms with Gasteiger partial charge >= 0.3 is 6.18 Å². The summed E-state index contributed by atoms with van der Waals surface area (Å²) in [5.74, 6) is -0.828. The summed E-state index contributed by atoms with van der Waals surface area (Å²) >= 11 is 0. The topological polar surface area (TPSA) is 44.8 Å². The summed E-state index contributed by atoms with van der Waals surface area (Å²) < 4.78 is 44.0. The van der Waals surface area contributed by atoms with E-state index < -0.39 is 24.3 Å². The molecule has 0 unspecified atom stereocenters. The SMILES string of the molecule is CN1CCN(Cc2cccc(CNC(=O)COc3ccccc3C(F)(F)F)c2)CC1. The number of para-hydroxylation sites is 1. The Hall–Kier alpha value is -2.58. The van der Waals surface area contributed by atoms with Crippen molar-refractivity contribution in [3.8, 4) is 5.75 Å². The fourth-order valence-corrected chi connectivity index (χ4v) is 3.32. The molecule has 2 aromatic rings. The van der Waals surface area contributed by atoms with Gasteiger partial charge in [-0.15, -0.1) is 0 Å². The van der Waals surface area contributed by atoms with E-state index in [2.05, 4.69) is 28.2 Å². The summed E-state index contributed by atoms with van der Waals surface area (Å²) in [4.78, 5) is 16.7. The van der Waals surface area contributed by atoms with E-state index in [-0.39, 0.29) is 5.75 Å². The number of piperazine rings is 1. The number of ether oxygens (including phenoxy) is 1. The van der Waals surface area contributed by atoms with Gasteiger partial charge in [0.05, 0.1) is 5.56 Å². The predicted molar refractivity (Wildman–Crippen MR) is 108 cm³/mol. The predicted octanol–water partition coefficient (Wildman–Crippen LogP) is 3.15. The summed E-state index contributed by atoms with van der Waals surface area (Å²) in [7, 11) is 2.12. The molecule has 0 atom stereocenters. The molecule has 1 aliphatic heterocycles. The number of carbonyl (C=O) groups excluding carboxylic acids is 1. The number of nitrogens with zero attached hydrogens (tertiary/aromatic N) is 2. The number of amides is 1. The highest BCUT2D eigenvalue weighted by atomic mass is 19.4. The Kier molecular flexibility index (Phi) is 7.33. The van der Waals surface area contributed by atoms with Crippen LogP contribution in [0.1, 0.15) is 16.7 Å². The lowest BCUT2D eigenvalue weighted by Crippen LogP contribution is -2.43. The molecule has 1 N–H and O–H groups in total. The van der Waals surface area contributed by atoms with E-state index in [1.54, 1.807) is 0 Å². The van der Waals surface area contributed by atoms with Crippen LogP contribution in [0, 0.1) is 0 Å². The van der Waals surface area contributed by atoms with Gasteiger partial charge in [-0.3, -0.25) is 9.69 Å². The second kappa shape index (κ2) is 9.95. The number of hydrogen-bond acceptors (Lipinski definition) is 4. The van der Waals surface area contributed by atoms with Crippen LogP contribution in [0.15, 0.2) is 48.5 Å². The number of hydrogen-bond donors (Lipinski definition) is 1. The zero-order chi connectivity index (χ0) is 21.6. The third-order valence-electron chi connectivity index (χ3n) is 5.03. The van der Waals surface area contributed by atoms with Gasteiger partial charge in [0.25, 0.3) is 5.91 Å². The molecule has 2 aromatic carbocycles. The van der Waals surface area contributed by atoms with Crippen molar-refractivity contribution in [1.82, 2.24) is 15.1 Å². The van der Waals surface area contributed by atoms with Crippen molar-refractivity contribution in [3.63, 3.8) is 0 Å². The van der Waals surface area contributed by atoms with Crippen LogP contribution in [0.4, 0.5) is 13.2 Å². The molecule has 1 heterocycles. The summed E-state index contributed by atoms with van der Waals surface area (Å²) in [6.07, 6.45) is -4.53. The van der Waals surface area contributed by atoms with Crippen molar-refractivity contribution < 1.29 is 22.7 Å². The first-order valence-corrected chi connectivity index (χ1v) is 9.86. The third-order valence-corrected chi connectivity index (χ3v) is 5.03. The van der Waals surface area contributed by atoms with Gasteiger partial charge in [-0.1, -0.05) is 36.4 Å². The molecule has 30 heavy (non-hydrogen) atoms. The van der Waals surface area contributed by atoms with Crippen LogP contribution in [0.3, 0.4) is 0 Å². The average molecular weight is 421 g/mol. The van der Waals surface area contributed by atoms with Gasteiger partial charge in [0, 0.05) is 39.3 Å². The lowest BCUT2D eigenvalue weighted by Gasteiger charge is -2.32. The van der Waals surface area contributed by atoms with E-state index in [1.807, 2.05) is 18.2 Å². The fraction of sp³-hybridized carbons (Fsp3) is 0.409. The largest absolute Gasteiger partial charge is 0.483 e. The summed E-state index contributed by atoms with van der Waals surface area (Å²) in [5.41, 5.74) is 1.21. The van der Waals surface area contributed by atoms with Crippen LogP contribution in [-0.4, -0.2) is 55.5 Å². The Bertz CT molecular complexity index is 850. The Morgan fingerprint density at radius 1 is 1.03 bits per heavy atom. The quantitative estimate of drug-likeness (QED) is 0.746. The number of benzene rings is 2. The van der Waals surface area contributed by atoms with Crippen molar-refractivity contribution >= 4 is 5.91 Å². The zero-order valence-electron chi connectivity index (χ0n) is 16.9. The molecule has 0 bridgehead atoms. The molecule has 0 aromatic heterocycles. The van der Waals surface area contributed by atoms with Crippen LogP contribution in [0.2, 0.25) is 0 Å². The van der Waals surface area contributed by atoms with E-state index in [0.29, 0.717) is 6.54 Å². The van der Waals surface area contributed by atoms with E-state index in [4.69, 9.17) is 4.74 Å². The smallest absolute Gasteiger partial charge is 0.419 e. The highest BCUT2D eigenvalue weighted by Crippen LogP contribution is 2.35. The van der Waals surface area contributed by atoms with Crippen LogP contribution < -0.4 is 10.1 Å². The van der Waals surface area contributed by atoms with E-state index in [9.17, 15) is 18.0 Å². The molecular formula is C22H26F3N3O2. The van der Waals surface area contributed by atoms with Crippen LogP contribution in [0.25, 0.3) is 0 Å². The number of likely N-dealkylation sites (N-methyl/N-ethyl adjacent to an activating group) is 1. The number of halogens is 3. The van der Waals surface area contributed by atoms with E-state index in [0.717, 1.165) is 44.4 Å². The highest BCUT2D eigenvalue weighted by Gasteiger charge is 2.34. The monoisotopic (exact) mass is 421 g/mol. The molecule has 1 fully saturated rings. The normalized spacial score (nSPS) is 15.7. The molecule has 0 saturated carbocycles. The molecular weight excluding hydrogens is 395 g/mol. The lowest BCUT2D eigenvalue weighted by molar-refractivity contribution is -0.139. The van der Waals surface area contributed by atoms with Gasteiger partial charge in [-0.05, 0) is 30.3 Å². The maximum Gasteiger partial charge on any atom is 0.419 e. The number of alkyl halides is 3. The Morgan fingerprint density at radius 3 is 2.47 bits per heavy atom. The minimum absolute atomic E-state index is 0.291. The van der Waals surface area contributed by atoms with Crippen molar-refractivity contribution in [2.24, 2.45) is 0 Å². The number of rotatable bonds is 7. The van der Waals surface area contributed by atoms with Crippen molar-refractivity contribution in [1.29, 1.82) is 0 Å². The van der Waals surface area contributed by atoms with Gasteiger partial charge in [-0.2, -0.15) is 13.2 Å². The van der Waals surface area contributed by atoms with Crippen molar-refractivity contribution in [2.45, 2.75) is 19.3 Å². The lowest BCUT2D eigenvalue weighted by atomic mass is 10.1. The minimum atomic E-state index is -4.53. The molecule has 1 saturated heterocycles. The molecule has 1 aliphatic rings. The molecule has 0 radical (unpaired) electrons. The minimum Gasteiger partial charge on any atom is -0.483 e. The first-order valence-electron chi connectivity index (χ1n) is 9.86. The maximum absolute atomic E-state index is 13.0. The van der Waals surface area contributed by atoms with Gasteiger partial charge in [0.2, 0.25) is 0 Å². The average Bonchev–Trinajstić information content (AvgIpc) is 2.72. The first-order chi connectivity index (χ1) is 14.3. The van der Waals surface area contributed by atoms with E-state index >= 15 is 0 Å². The van der Waals surface area contributed by atoms with Crippen LogP contribution in [-0.2, 0) is 24.1 Å². The molecule has 3 rings (SSSR count). The standard InChI is InChI=1S/C22H26F3N3O2/c1-27-9-11-28(12-10-27)15-18-6-4-5-17(13-18)14-26-21(29)16-30-20-8-3-2-7-19(20)22(23,24)25/h2-8,13H,9-12,14-16H2,1H3,(H,26,29). The van der Waals surface area contributed by atoms with Crippen molar-refractivity contribution in [2.75, 3.05) is 39.8 Å². The second-order valence-corrected chi connectivity index (χ2v) is 7.46. The molecule has 162 valence electrons. The first kappa shape index (κ1) is 22.1. The molecule has 0 aliphatic carbocycles. The second-order valence-electron chi connectivity index (χ2n) is 7.46.